The van der Waals surface area contributed by atoms with Crippen molar-refractivity contribution in [3.63, 3.8) is 0 Å². The summed E-state index contributed by atoms with van der Waals surface area (Å²) in [6.07, 6.45) is 0. The van der Waals surface area contributed by atoms with Crippen molar-refractivity contribution in [3.05, 3.63) is 77.1 Å². The first-order chi connectivity index (χ1) is 12.8. The second kappa shape index (κ2) is 7.78. The molecule has 4 nitrogen and oxygen atoms in total. The Morgan fingerprint density at radius 3 is 2.37 bits per heavy atom. The van der Waals surface area contributed by atoms with Crippen molar-refractivity contribution in [1.29, 1.82) is 0 Å². The third-order valence-corrected chi connectivity index (χ3v) is 5.47. The van der Waals surface area contributed by atoms with E-state index in [0.29, 0.717) is 22.7 Å². The van der Waals surface area contributed by atoms with Gasteiger partial charge >= 0.3 is 0 Å². The molecule has 0 aliphatic rings. The third-order valence-electron chi connectivity index (χ3n) is 4.17. The number of halogens is 2. The molecule has 0 fully saturated rings. The minimum atomic E-state index is -4.05. The Balaban J connectivity index is 2.37. The molecule has 140 valence electrons. The molecule has 0 aliphatic carbocycles. The highest BCUT2D eigenvalue weighted by atomic mass is 35.5. The maximum Gasteiger partial charge on any atom is 0.238 e. The highest BCUT2D eigenvalue weighted by molar-refractivity contribution is 7.89. The van der Waals surface area contributed by atoms with Gasteiger partial charge in [-0.25, -0.2) is 17.9 Å². The van der Waals surface area contributed by atoms with Gasteiger partial charge in [0.25, 0.3) is 0 Å². The fourth-order valence-electron chi connectivity index (χ4n) is 3.00. The molecular formula is C20H18ClFN2O2S. The van der Waals surface area contributed by atoms with Crippen molar-refractivity contribution in [2.24, 2.45) is 5.14 Å². The lowest BCUT2D eigenvalue weighted by molar-refractivity contribution is 0.597. The lowest BCUT2D eigenvalue weighted by atomic mass is 9.92. The summed E-state index contributed by atoms with van der Waals surface area (Å²) in [6, 6.07) is 16.2. The SMILES string of the molecule is CNCc1ccc(-c2ccccc2Cl)c(-c2cc(F)ccc2S(N)(=O)=O)c1. The fraction of sp³-hybridized carbons (Fsp3) is 0.100. The molecule has 0 heterocycles. The second-order valence-electron chi connectivity index (χ2n) is 6.08. The number of nitrogens with two attached hydrogens (primary N) is 1. The highest BCUT2D eigenvalue weighted by Gasteiger charge is 2.20. The van der Waals surface area contributed by atoms with Gasteiger partial charge in [0.2, 0.25) is 10.0 Å². The standard InChI is InChI=1S/C20H18ClFN2O2S/c1-24-12-13-6-8-15(16-4-2-3-5-19(16)21)17(10-13)18-11-14(22)7-9-20(18)27(23,25)26/h2-11,24H,12H2,1H3,(H2,23,25,26). The van der Waals surface area contributed by atoms with E-state index in [-0.39, 0.29) is 10.5 Å². The summed E-state index contributed by atoms with van der Waals surface area (Å²) in [4.78, 5) is -0.140. The molecule has 3 N–H and O–H groups in total. The quantitative estimate of drug-likeness (QED) is 0.670. The normalized spacial score (nSPS) is 11.6. The van der Waals surface area contributed by atoms with E-state index in [1.54, 1.807) is 19.2 Å². The minimum absolute atomic E-state index is 0.140. The molecule has 7 heteroatoms. The number of primary sulfonamides is 1. The lowest BCUT2D eigenvalue weighted by Crippen LogP contribution is -2.14. The van der Waals surface area contributed by atoms with Gasteiger partial charge in [-0.05, 0) is 54.1 Å². The monoisotopic (exact) mass is 404 g/mol. The summed E-state index contributed by atoms with van der Waals surface area (Å²) in [6.45, 7) is 0.565. The van der Waals surface area contributed by atoms with Crippen LogP contribution in [-0.2, 0) is 16.6 Å². The van der Waals surface area contributed by atoms with E-state index in [1.165, 1.54) is 12.1 Å². The topological polar surface area (TPSA) is 72.2 Å². The van der Waals surface area contributed by atoms with Gasteiger partial charge in [-0.1, -0.05) is 41.9 Å². The van der Waals surface area contributed by atoms with Crippen LogP contribution in [0.3, 0.4) is 0 Å². The van der Waals surface area contributed by atoms with Crippen LogP contribution in [0.15, 0.2) is 65.6 Å². The Labute approximate surface area is 162 Å². The summed E-state index contributed by atoms with van der Waals surface area (Å²) in [5, 5.41) is 8.93. The van der Waals surface area contributed by atoms with E-state index in [2.05, 4.69) is 5.32 Å². The molecule has 3 rings (SSSR count). The summed E-state index contributed by atoms with van der Waals surface area (Å²) in [5.74, 6) is -0.554. The van der Waals surface area contributed by atoms with Crippen LogP contribution in [-0.4, -0.2) is 15.5 Å². The van der Waals surface area contributed by atoms with Gasteiger partial charge in [0, 0.05) is 22.7 Å². The molecule has 0 saturated carbocycles. The van der Waals surface area contributed by atoms with Crippen LogP contribution >= 0.6 is 11.6 Å². The molecule has 3 aromatic carbocycles. The molecule has 0 saturated heterocycles. The molecule has 0 amide bonds. The van der Waals surface area contributed by atoms with E-state index < -0.39 is 15.8 Å². The fourth-order valence-corrected chi connectivity index (χ4v) is 3.97. The van der Waals surface area contributed by atoms with Crippen molar-refractivity contribution in [2.45, 2.75) is 11.4 Å². The number of nitrogens with one attached hydrogen (secondary N) is 1. The summed E-state index contributed by atoms with van der Waals surface area (Å²) < 4.78 is 38.2. The molecule has 0 aromatic heterocycles. The van der Waals surface area contributed by atoms with E-state index in [9.17, 15) is 12.8 Å². The molecule has 0 bridgehead atoms. The van der Waals surface area contributed by atoms with Crippen LogP contribution in [0.1, 0.15) is 5.56 Å². The average Bonchev–Trinajstić information content (AvgIpc) is 2.61. The van der Waals surface area contributed by atoms with Crippen LogP contribution in [0.25, 0.3) is 22.3 Å². The van der Waals surface area contributed by atoms with E-state index in [1.807, 2.05) is 30.3 Å². The lowest BCUT2D eigenvalue weighted by Gasteiger charge is -2.16. The molecule has 0 radical (unpaired) electrons. The zero-order chi connectivity index (χ0) is 19.6. The number of sulfonamides is 1. The van der Waals surface area contributed by atoms with Gasteiger partial charge in [0.05, 0.1) is 4.90 Å². The molecule has 0 spiro atoms. The smallest absolute Gasteiger partial charge is 0.238 e. The number of benzene rings is 3. The highest BCUT2D eigenvalue weighted by Crippen LogP contribution is 2.39. The van der Waals surface area contributed by atoms with Crippen LogP contribution < -0.4 is 10.5 Å². The van der Waals surface area contributed by atoms with Gasteiger partial charge in [-0.2, -0.15) is 0 Å². The van der Waals surface area contributed by atoms with Crippen molar-refractivity contribution >= 4 is 21.6 Å². The van der Waals surface area contributed by atoms with Crippen molar-refractivity contribution in [3.8, 4) is 22.3 Å². The Kier molecular flexibility index (Phi) is 5.62. The maximum atomic E-state index is 14.0. The second-order valence-corrected chi connectivity index (χ2v) is 8.01. The average molecular weight is 405 g/mol. The summed E-state index contributed by atoms with van der Waals surface area (Å²) in [7, 11) is -2.24. The van der Waals surface area contributed by atoms with Crippen LogP contribution in [0.2, 0.25) is 5.02 Å². The number of hydrogen-bond acceptors (Lipinski definition) is 3. The molecule has 0 atom stereocenters. The van der Waals surface area contributed by atoms with Crippen LogP contribution in [0.5, 0.6) is 0 Å². The first-order valence-corrected chi connectivity index (χ1v) is 10.1. The van der Waals surface area contributed by atoms with Gasteiger partial charge in [-0.15, -0.1) is 0 Å². The van der Waals surface area contributed by atoms with Crippen LogP contribution in [0, 0.1) is 5.82 Å². The van der Waals surface area contributed by atoms with Crippen molar-refractivity contribution in [2.75, 3.05) is 7.05 Å². The predicted octanol–water partition coefficient (Wildman–Crippen LogP) is 4.18. The molecule has 0 unspecified atom stereocenters. The van der Waals surface area contributed by atoms with Gasteiger partial charge < -0.3 is 5.32 Å². The summed E-state index contributed by atoms with van der Waals surface area (Å²) >= 11 is 6.35. The maximum absolute atomic E-state index is 14.0. The summed E-state index contributed by atoms with van der Waals surface area (Å²) in [5.41, 5.74) is 3.06. The Bertz CT molecular complexity index is 1100. The van der Waals surface area contributed by atoms with Gasteiger partial charge in [0.15, 0.2) is 0 Å². The number of rotatable bonds is 5. The van der Waals surface area contributed by atoms with Crippen molar-refractivity contribution < 1.29 is 12.8 Å². The van der Waals surface area contributed by atoms with Gasteiger partial charge in [0.1, 0.15) is 5.82 Å². The minimum Gasteiger partial charge on any atom is -0.316 e. The zero-order valence-electron chi connectivity index (χ0n) is 14.5. The van der Waals surface area contributed by atoms with Crippen LogP contribution in [0.4, 0.5) is 4.39 Å². The predicted molar refractivity (Wildman–Crippen MR) is 106 cm³/mol. The van der Waals surface area contributed by atoms with E-state index in [4.69, 9.17) is 16.7 Å². The Morgan fingerprint density at radius 1 is 0.963 bits per heavy atom. The Hall–Kier alpha value is -2.25. The molecule has 3 aromatic rings. The van der Waals surface area contributed by atoms with E-state index >= 15 is 0 Å². The molecule has 0 aliphatic heterocycles. The van der Waals surface area contributed by atoms with Gasteiger partial charge in [-0.3, -0.25) is 0 Å². The Morgan fingerprint density at radius 2 is 1.70 bits per heavy atom. The molecular weight excluding hydrogens is 387 g/mol. The first-order valence-electron chi connectivity index (χ1n) is 8.16. The van der Waals surface area contributed by atoms with Crippen molar-refractivity contribution in [1.82, 2.24) is 5.32 Å². The third kappa shape index (κ3) is 4.20. The first kappa shape index (κ1) is 19.5. The molecule has 27 heavy (non-hydrogen) atoms. The largest absolute Gasteiger partial charge is 0.316 e. The van der Waals surface area contributed by atoms with E-state index in [0.717, 1.165) is 17.2 Å². The number of hydrogen-bond donors (Lipinski definition) is 2. The zero-order valence-corrected chi connectivity index (χ0v) is 16.1.